The SMILES string of the molecule is O=C(CSc1nc(-c2ccc(Br)cc2)cs1)Nc1cc(C(F)(F)F)ccc1N1CCCCC1. The van der Waals surface area contributed by atoms with Crippen molar-refractivity contribution in [3.63, 3.8) is 0 Å². The van der Waals surface area contributed by atoms with Crippen molar-refractivity contribution in [2.45, 2.75) is 29.8 Å². The molecule has 2 heterocycles. The van der Waals surface area contributed by atoms with Gasteiger partial charge in [-0.1, -0.05) is 39.8 Å². The Morgan fingerprint density at radius 3 is 2.55 bits per heavy atom. The van der Waals surface area contributed by atoms with Gasteiger partial charge in [-0.25, -0.2) is 4.98 Å². The summed E-state index contributed by atoms with van der Waals surface area (Å²) < 4.78 is 41.5. The fraction of sp³-hybridized carbons (Fsp3) is 0.304. The number of carbonyl (C=O) groups is 1. The quantitative estimate of drug-likeness (QED) is 0.324. The highest BCUT2D eigenvalue weighted by atomic mass is 79.9. The van der Waals surface area contributed by atoms with Gasteiger partial charge in [-0.2, -0.15) is 13.2 Å². The lowest BCUT2D eigenvalue weighted by atomic mass is 10.1. The Morgan fingerprint density at radius 1 is 1.12 bits per heavy atom. The number of benzene rings is 2. The van der Waals surface area contributed by atoms with Crippen molar-refractivity contribution in [1.82, 2.24) is 4.98 Å². The fourth-order valence-electron chi connectivity index (χ4n) is 3.61. The predicted molar refractivity (Wildman–Crippen MR) is 132 cm³/mol. The van der Waals surface area contributed by atoms with E-state index in [0.717, 1.165) is 64.6 Å². The maximum absolute atomic E-state index is 13.3. The van der Waals surface area contributed by atoms with E-state index in [2.05, 4.69) is 26.2 Å². The molecule has 174 valence electrons. The van der Waals surface area contributed by atoms with Gasteiger partial charge < -0.3 is 10.2 Å². The van der Waals surface area contributed by atoms with Crippen LogP contribution >= 0.6 is 39.0 Å². The third-order valence-electron chi connectivity index (χ3n) is 5.24. The highest BCUT2D eigenvalue weighted by molar-refractivity contribution is 9.10. The third-order valence-corrected chi connectivity index (χ3v) is 7.79. The number of carbonyl (C=O) groups excluding carboxylic acids is 1. The van der Waals surface area contributed by atoms with Crippen molar-refractivity contribution in [3.05, 3.63) is 57.9 Å². The van der Waals surface area contributed by atoms with Crippen LogP contribution in [0.5, 0.6) is 0 Å². The number of hydrogen-bond acceptors (Lipinski definition) is 5. The van der Waals surface area contributed by atoms with Gasteiger partial charge in [0.05, 0.1) is 28.4 Å². The van der Waals surface area contributed by atoms with Crippen molar-refractivity contribution >= 4 is 56.3 Å². The van der Waals surface area contributed by atoms with E-state index in [9.17, 15) is 18.0 Å². The Bertz CT molecular complexity index is 1110. The zero-order valence-corrected chi connectivity index (χ0v) is 20.7. The van der Waals surface area contributed by atoms with E-state index in [4.69, 9.17) is 0 Å². The molecular weight excluding hydrogens is 535 g/mol. The van der Waals surface area contributed by atoms with Crippen LogP contribution in [-0.4, -0.2) is 29.7 Å². The first-order valence-corrected chi connectivity index (χ1v) is 13.1. The van der Waals surface area contributed by atoms with Gasteiger partial charge in [0.2, 0.25) is 5.91 Å². The molecule has 1 saturated heterocycles. The molecule has 0 atom stereocenters. The largest absolute Gasteiger partial charge is 0.416 e. The maximum atomic E-state index is 13.3. The maximum Gasteiger partial charge on any atom is 0.416 e. The Labute approximate surface area is 206 Å². The number of nitrogens with one attached hydrogen (secondary N) is 1. The minimum absolute atomic E-state index is 0.0585. The molecule has 1 aliphatic heterocycles. The van der Waals surface area contributed by atoms with E-state index < -0.39 is 11.7 Å². The third kappa shape index (κ3) is 6.30. The number of aromatic nitrogens is 1. The van der Waals surface area contributed by atoms with Crippen LogP contribution in [0.1, 0.15) is 24.8 Å². The van der Waals surface area contributed by atoms with Gasteiger partial charge in [0.25, 0.3) is 0 Å². The molecule has 1 fully saturated rings. The van der Waals surface area contributed by atoms with Crippen LogP contribution in [0.25, 0.3) is 11.3 Å². The Balaban J connectivity index is 1.44. The van der Waals surface area contributed by atoms with Crippen molar-refractivity contribution in [2.24, 2.45) is 0 Å². The number of halogens is 4. The summed E-state index contributed by atoms with van der Waals surface area (Å²) in [6.07, 6.45) is -1.41. The molecule has 4 rings (SSSR count). The fourth-order valence-corrected chi connectivity index (χ4v) is 5.51. The van der Waals surface area contributed by atoms with Gasteiger partial charge >= 0.3 is 6.18 Å². The first-order valence-electron chi connectivity index (χ1n) is 10.4. The Kier molecular flexibility index (Phi) is 7.65. The van der Waals surface area contributed by atoms with Crippen molar-refractivity contribution in [1.29, 1.82) is 0 Å². The molecular formula is C23H21BrF3N3OS2. The van der Waals surface area contributed by atoms with Gasteiger partial charge in [0.15, 0.2) is 4.34 Å². The molecule has 1 N–H and O–H groups in total. The van der Waals surface area contributed by atoms with Crippen LogP contribution in [0, 0.1) is 0 Å². The van der Waals surface area contributed by atoms with Crippen molar-refractivity contribution in [3.8, 4) is 11.3 Å². The summed E-state index contributed by atoms with van der Waals surface area (Å²) >= 11 is 6.10. The van der Waals surface area contributed by atoms with Gasteiger partial charge in [-0.15, -0.1) is 11.3 Å². The molecule has 0 spiro atoms. The normalized spacial score (nSPS) is 14.4. The highest BCUT2D eigenvalue weighted by Crippen LogP contribution is 2.37. The summed E-state index contributed by atoms with van der Waals surface area (Å²) in [6, 6.07) is 11.3. The van der Waals surface area contributed by atoms with E-state index in [1.165, 1.54) is 29.2 Å². The van der Waals surface area contributed by atoms with Gasteiger partial charge in [-0.05, 0) is 49.6 Å². The second-order valence-electron chi connectivity index (χ2n) is 7.62. The van der Waals surface area contributed by atoms with Gasteiger partial charge in [0.1, 0.15) is 0 Å². The number of rotatable bonds is 6. The summed E-state index contributed by atoms with van der Waals surface area (Å²) in [6.45, 7) is 1.53. The van der Waals surface area contributed by atoms with E-state index in [0.29, 0.717) is 5.69 Å². The molecule has 1 aliphatic rings. The molecule has 0 unspecified atom stereocenters. The number of hydrogen-bond donors (Lipinski definition) is 1. The van der Waals surface area contributed by atoms with Crippen molar-refractivity contribution < 1.29 is 18.0 Å². The van der Waals surface area contributed by atoms with Gasteiger partial charge in [0, 0.05) is 28.5 Å². The van der Waals surface area contributed by atoms with Gasteiger partial charge in [-0.3, -0.25) is 4.79 Å². The van der Waals surface area contributed by atoms with E-state index in [1.807, 2.05) is 34.5 Å². The number of anilines is 2. The lowest BCUT2D eigenvalue weighted by Crippen LogP contribution is -2.30. The molecule has 3 aromatic rings. The highest BCUT2D eigenvalue weighted by Gasteiger charge is 2.32. The minimum atomic E-state index is -4.47. The van der Waals surface area contributed by atoms with E-state index in [1.54, 1.807) is 0 Å². The summed E-state index contributed by atoms with van der Waals surface area (Å²) in [5.74, 6) is -0.304. The molecule has 1 aromatic heterocycles. The van der Waals surface area contributed by atoms with E-state index >= 15 is 0 Å². The Morgan fingerprint density at radius 2 is 1.85 bits per heavy atom. The number of nitrogens with zero attached hydrogens (tertiary/aromatic N) is 2. The second kappa shape index (κ2) is 10.5. The zero-order valence-electron chi connectivity index (χ0n) is 17.5. The smallest absolute Gasteiger partial charge is 0.370 e. The zero-order chi connectivity index (χ0) is 23.4. The first kappa shape index (κ1) is 24.1. The lowest BCUT2D eigenvalue weighted by molar-refractivity contribution is -0.137. The molecule has 4 nitrogen and oxygen atoms in total. The summed E-state index contributed by atoms with van der Waals surface area (Å²) in [5, 5.41) is 4.63. The average molecular weight is 556 g/mol. The standard InChI is InChI=1S/C23H21BrF3N3OS2/c24-17-7-4-15(5-8-17)19-13-32-22(29-19)33-14-21(31)28-18-12-16(23(25,26)27)6-9-20(18)30-10-2-1-3-11-30/h4-9,12-13H,1-3,10-11,14H2,(H,28,31). The topological polar surface area (TPSA) is 45.2 Å². The average Bonchev–Trinajstić information content (AvgIpc) is 3.27. The second-order valence-corrected chi connectivity index (χ2v) is 10.6. The predicted octanol–water partition coefficient (Wildman–Crippen LogP) is 7.31. The van der Waals surface area contributed by atoms with Crippen LogP contribution in [0.3, 0.4) is 0 Å². The summed E-state index contributed by atoms with van der Waals surface area (Å²) in [7, 11) is 0. The monoisotopic (exact) mass is 555 g/mol. The molecule has 1 amide bonds. The van der Waals surface area contributed by atoms with Crippen LogP contribution < -0.4 is 10.2 Å². The lowest BCUT2D eigenvalue weighted by Gasteiger charge is -2.31. The van der Waals surface area contributed by atoms with E-state index in [-0.39, 0.29) is 17.3 Å². The van der Waals surface area contributed by atoms with Crippen molar-refractivity contribution in [2.75, 3.05) is 29.1 Å². The number of amides is 1. The number of alkyl halides is 3. The minimum Gasteiger partial charge on any atom is -0.370 e. The molecule has 0 radical (unpaired) electrons. The summed E-state index contributed by atoms with van der Waals surface area (Å²) in [4.78, 5) is 19.2. The summed E-state index contributed by atoms with van der Waals surface area (Å²) in [5.41, 5.74) is 1.85. The molecule has 10 heteroatoms. The number of thioether (sulfide) groups is 1. The Hall–Kier alpha value is -2.04. The molecule has 0 saturated carbocycles. The molecule has 2 aromatic carbocycles. The number of piperidine rings is 1. The molecule has 33 heavy (non-hydrogen) atoms. The van der Waals surface area contributed by atoms with Crippen LogP contribution in [0.4, 0.5) is 24.5 Å². The van der Waals surface area contributed by atoms with Crippen LogP contribution in [0.2, 0.25) is 0 Å². The molecule has 0 bridgehead atoms. The van der Waals surface area contributed by atoms with Crippen LogP contribution in [-0.2, 0) is 11.0 Å². The molecule has 0 aliphatic carbocycles. The first-order chi connectivity index (χ1) is 15.8. The number of thiazole rings is 1. The van der Waals surface area contributed by atoms with Crippen LogP contribution in [0.15, 0.2) is 56.7 Å².